The van der Waals surface area contributed by atoms with Gasteiger partial charge in [-0.05, 0) is 88.3 Å². The minimum absolute atomic E-state index is 0.0465. The smallest absolute Gasteiger partial charge is 0.266 e. The summed E-state index contributed by atoms with van der Waals surface area (Å²) in [6.45, 7) is 0. The van der Waals surface area contributed by atoms with Crippen LogP contribution in [-0.4, -0.2) is 13.0 Å². The Kier molecular flexibility index (Phi) is 6.59. The number of sulfonamides is 1. The molecule has 10 heteroatoms. The maximum absolute atomic E-state index is 14.2. The fourth-order valence-corrected chi connectivity index (χ4v) is 6.84. The molecule has 0 bridgehead atoms. The lowest BCUT2D eigenvalue weighted by molar-refractivity contribution is 0.529. The van der Waals surface area contributed by atoms with Gasteiger partial charge in [-0.2, -0.15) is 5.26 Å². The van der Waals surface area contributed by atoms with Crippen molar-refractivity contribution in [3.8, 4) is 6.07 Å². The van der Waals surface area contributed by atoms with E-state index in [1.807, 2.05) is 28.7 Å². The van der Waals surface area contributed by atoms with Crippen molar-refractivity contribution in [2.45, 2.75) is 17.0 Å². The van der Waals surface area contributed by atoms with Crippen LogP contribution in [0.4, 0.5) is 5.82 Å². The number of halogens is 3. The fourth-order valence-electron chi connectivity index (χ4n) is 4.46. The van der Waals surface area contributed by atoms with Crippen LogP contribution in [0.5, 0.6) is 0 Å². The normalized spacial score (nSPS) is 17.0. The minimum atomic E-state index is -4.21. The van der Waals surface area contributed by atoms with Gasteiger partial charge in [-0.15, -0.1) is 0 Å². The summed E-state index contributed by atoms with van der Waals surface area (Å²) in [4.78, 5) is 13.4. The molecular formula is C26H16Cl2IN3O3S. The van der Waals surface area contributed by atoms with Crippen LogP contribution >= 0.6 is 45.8 Å². The van der Waals surface area contributed by atoms with Gasteiger partial charge in [0.15, 0.2) is 0 Å². The van der Waals surface area contributed by atoms with Crippen LogP contribution in [0.1, 0.15) is 28.8 Å². The SMILES string of the molecule is N#Cc1cccc(S(=O)(=O)N2c3ccc(I)c(=O)n3C(c3ccc(Cl)cc3)C2c2ccc(Cl)cc2)c1. The van der Waals surface area contributed by atoms with Crippen LogP contribution in [0, 0.1) is 14.9 Å². The Hall–Kier alpha value is -2.84. The van der Waals surface area contributed by atoms with Gasteiger partial charge in [0.2, 0.25) is 0 Å². The van der Waals surface area contributed by atoms with Gasteiger partial charge in [0.25, 0.3) is 15.6 Å². The Morgan fingerprint density at radius 3 is 2.00 bits per heavy atom. The van der Waals surface area contributed by atoms with Crippen LogP contribution in [0.3, 0.4) is 0 Å². The fraction of sp³-hybridized carbons (Fsp3) is 0.0769. The van der Waals surface area contributed by atoms with Crippen molar-refractivity contribution in [3.63, 3.8) is 0 Å². The second-order valence-electron chi connectivity index (χ2n) is 8.15. The Morgan fingerprint density at radius 2 is 1.42 bits per heavy atom. The Balaban J connectivity index is 1.84. The Bertz CT molecular complexity index is 1680. The first kappa shape index (κ1) is 24.8. The van der Waals surface area contributed by atoms with E-state index in [0.717, 1.165) is 0 Å². The third-order valence-electron chi connectivity index (χ3n) is 6.05. The molecule has 2 atom stereocenters. The molecule has 0 spiro atoms. The van der Waals surface area contributed by atoms with Gasteiger partial charge in [-0.1, -0.05) is 53.5 Å². The summed E-state index contributed by atoms with van der Waals surface area (Å²) in [5.74, 6) is 0.225. The lowest BCUT2D eigenvalue weighted by Gasteiger charge is -2.29. The number of hydrogen-bond acceptors (Lipinski definition) is 4. The number of hydrogen-bond donors (Lipinski definition) is 0. The number of rotatable bonds is 4. The van der Waals surface area contributed by atoms with Crippen LogP contribution in [-0.2, 0) is 10.0 Å². The topological polar surface area (TPSA) is 83.2 Å². The number of nitrogens with zero attached hydrogens (tertiary/aromatic N) is 3. The third-order valence-corrected chi connectivity index (χ3v) is 9.15. The highest BCUT2D eigenvalue weighted by Crippen LogP contribution is 2.49. The molecule has 1 aromatic heterocycles. The molecular weight excluding hydrogens is 632 g/mol. The van der Waals surface area contributed by atoms with Crippen molar-refractivity contribution in [3.05, 3.63) is 126 Å². The summed E-state index contributed by atoms with van der Waals surface area (Å²) >= 11 is 14.2. The van der Waals surface area contributed by atoms with E-state index >= 15 is 0 Å². The zero-order chi connectivity index (χ0) is 25.6. The summed E-state index contributed by atoms with van der Waals surface area (Å²) in [5, 5.41) is 10.4. The number of pyridine rings is 1. The minimum Gasteiger partial charge on any atom is -0.283 e. The quantitative estimate of drug-likeness (QED) is 0.248. The van der Waals surface area contributed by atoms with E-state index < -0.39 is 22.1 Å². The van der Waals surface area contributed by atoms with Gasteiger partial charge >= 0.3 is 0 Å². The number of anilines is 1. The highest BCUT2D eigenvalue weighted by Gasteiger charge is 2.47. The van der Waals surface area contributed by atoms with Crippen LogP contribution in [0.25, 0.3) is 0 Å². The average molecular weight is 648 g/mol. The van der Waals surface area contributed by atoms with Gasteiger partial charge in [0.05, 0.1) is 32.2 Å². The number of fused-ring (bicyclic) bond motifs is 1. The molecule has 1 aliphatic rings. The van der Waals surface area contributed by atoms with Crippen molar-refractivity contribution in [2.75, 3.05) is 4.31 Å². The van der Waals surface area contributed by atoms with E-state index in [1.54, 1.807) is 60.7 Å². The average Bonchev–Trinajstić information content (AvgIpc) is 3.24. The monoisotopic (exact) mass is 647 g/mol. The molecule has 0 amide bonds. The predicted octanol–water partition coefficient (Wildman–Crippen LogP) is 6.17. The maximum Gasteiger partial charge on any atom is 0.266 e. The Morgan fingerprint density at radius 1 is 0.833 bits per heavy atom. The van der Waals surface area contributed by atoms with E-state index in [-0.39, 0.29) is 21.8 Å². The number of nitriles is 1. The predicted molar refractivity (Wildman–Crippen MR) is 148 cm³/mol. The van der Waals surface area contributed by atoms with Crippen molar-refractivity contribution >= 4 is 61.6 Å². The van der Waals surface area contributed by atoms with Crippen LogP contribution in [0.15, 0.2) is 94.6 Å². The van der Waals surface area contributed by atoms with Crippen LogP contribution in [0.2, 0.25) is 10.0 Å². The molecule has 0 fully saturated rings. The summed E-state index contributed by atoms with van der Waals surface area (Å²) in [6.07, 6.45) is 0. The molecule has 0 saturated heterocycles. The van der Waals surface area contributed by atoms with E-state index in [4.69, 9.17) is 23.2 Å². The van der Waals surface area contributed by atoms with Gasteiger partial charge in [-0.25, -0.2) is 12.7 Å². The summed E-state index contributed by atoms with van der Waals surface area (Å²) < 4.78 is 31.6. The van der Waals surface area contributed by atoms with Crippen molar-refractivity contribution in [1.29, 1.82) is 5.26 Å². The number of benzene rings is 3. The highest BCUT2D eigenvalue weighted by molar-refractivity contribution is 14.1. The first-order valence-electron chi connectivity index (χ1n) is 10.7. The van der Waals surface area contributed by atoms with E-state index in [9.17, 15) is 18.5 Å². The lowest BCUT2D eigenvalue weighted by atomic mass is 9.94. The molecule has 0 saturated carbocycles. The molecule has 36 heavy (non-hydrogen) atoms. The standard InChI is InChI=1S/C26H16Cl2IN3O3S/c27-19-8-4-17(5-9-19)24-25(18-6-10-20(28)11-7-18)32(23-13-12-22(29)26(33)31(23)24)36(34,35)21-3-1-2-16(14-21)15-30/h1-14,24-25H. The lowest BCUT2D eigenvalue weighted by Crippen LogP contribution is -2.33. The second kappa shape index (κ2) is 9.56. The van der Waals surface area contributed by atoms with Gasteiger partial charge in [-0.3, -0.25) is 9.36 Å². The van der Waals surface area contributed by atoms with Crippen LogP contribution < -0.4 is 9.86 Å². The van der Waals surface area contributed by atoms with E-state index in [2.05, 4.69) is 0 Å². The zero-order valence-electron chi connectivity index (χ0n) is 18.3. The highest BCUT2D eigenvalue weighted by atomic mass is 127. The summed E-state index contributed by atoms with van der Waals surface area (Å²) in [7, 11) is -4.21. The molecule has 1 aliphatic heterocycles. The summed E-state index contributed by atoms with van der Waals surface area (Å²) in [5.41, 5.74) is 1.27. The van der Waals surface area contributed by atoms with Gasteiger partial charge < -0.3 is 0 Å². The largest absolute Gasteiger partial charge is 0.283 e. The summed E-state index contributed by atoms with van der Waals surface area (Å²) in [6, 6.07) is 23.5. The third kappa shape index (κ3) is 4.20. The first-order chi connectivity index (χ1) is 17.2. The molecule has 4 aromatic rings. The van der Waals surface area contributed by atoms with Crippen molar-refractivity contribution < 1.29 is 8.42 Å². The van der Waals surface area contributed by atoms with Gasteiger partial charge in [0.1, 0.15) is 5.82 Å². The van der Waals surface area contributed by atoms with Crippen molar-refractivity contribution in [1.82, 2.24) is 4.57 Å². The number of aromatic nitrogens is 1. The molecule has 2 unspecified atom stereocenters. The second-order valence-corrected chi connectivity index (χ2v) is 12.0. The molecule has 2 heterocycles. The zero-order valence-corrected chi connectivity index (χ0v) is 22.8. The van der Waals surface area contributed by atoms with E-state index in [1.165, 1.54) is 33.1 Å². The molecule has 180 valence electrons. The molecule has 0 N–H and O–H groups in total. The maximum atomic E-state index is 14.2. The molecule has 6 nitrogen and oxygen atoms in total. The Labute approximate surface area is 231 Å². The molecule has 5 rings (SSSR count). The molecule has 0 radical (unpaired) electrons. The van der Waals surface area contributed by atoms with Crippen molar-refractivity contribution in [2.24, 2.45) is 0 Å². The van der Waals surface area contributed by atoms with E-state index in [0.29, 0.717) is 24.7 Å². The molecule has 0 aliphatic carbocycles. The van der Waals surface area contributed by atoms with Gasteiger partial charge in [0, 0.05) is 10.0 Å². The molecule has 3 aromatic carbocycles. The first-order valence-corrected chi connectivity index (χ1v) is 14.0.